The topological polar surface area (TPSA) is 43.4 Å². The van der Waals surface area contributed by atoms with Crippen molar-refractivity contribution < 1.29 is 14.3 Å². The Bertz CT molecular complexity index is 350. The van der Waals surface area contributed by atoms with Gasteiger partial charge in [0.05, 0.1) is 12.0 Å². The molecule has 0 aliphatic heterocycles. The van der Waals surface area contributed by atoms with Gasteiger partial charge in [-0.05, 0) is 38.5 Å². The summed E-state index contributed by atoms with van der Waals surface area (Å²) in [7, 11) is 0. The third-order valence-electron chi connectivity index (χ3n) is 5.20. The molecule has 0 saturated heterocycles. The van der Waals surface area contributed by atoms with Gasteiger partial charge in [-0.2, -0.15) is 0 Å². The number of ketones is 1. The molecule has 0 aromatic rings. The lowest BCUT2D eigenvalue weighted by Gasteiger charge is -2.49. The number of ether oxygens (including phenoxy) is 1. The molecule has 2 aliphatic rings. The molecule has 0 bridgehead atoms. The highest BCUT2D eigenvalue weighted by Gasteiger charge is 2.55. The van der Waals surface area contributed by atoms with Crippen molar-refractivity contribution in [1.29, 1.82) is 0 Å². The van der Waals surface area contributed by atoms with Crippen LogP contribution in [0.3, 0.4) is 0 Å². The van der Waals surface area contributed by atoms with Crippen molar-refractivity contribution >= 4 is 11.8 Å². The van der Waals surface area contributed by atoms with E-state index in [-0.39, 0.29) is 23.7 Å². The van der Waals surface area contributed by atoms with Gasteiger partial charge in [-0.25, -0.2) is 0 Å². The molecular formula is C15H24O3. The summed E-state index contributed by atoms with van der Waals surface area (Å²) in [6, 6.07) is 0. The smallest absolute Gasteiger partial charge is 0.312 e. The molecule has 2 fully saturated rings. The fourth-order valence-electron chi connectivity index (χ4n) is 3.90. The molecule has 0 amide bonds. The van der Waals surface area contributed by atoms with Gasteiger partial charge < -0.3 is 4.74 Å². The lowest BCUT2D eigenvalue weighted by Crippen LogP contribution is -2.53. The highest BCUT2D eigenvalue weighted by atomic mass is 16.5. The highest BCUT2D eigenvalue weighted by molar-refractivity contribution is 5.87. The standard InChI is InChI=1S/C15H24O3/c1-4-18-14(17)15(3)10(2)9-13(16)11-7-5-6-8-12(11)15/h10-12H,4-9H2,1-3H3/t10-,11-,12-,15-/m1/s1. The van der Waals surface area contributed by atoms with Gasteiger partial charge in [0, 0.05) is 12.3 Å². The van der Waals surface area contributed by atoms with E-state index in [0.717, 1.165) is 25.7 Å². The molecule has 0 heterocycles. The van der Waals surface area contributed by atoms with Crippen LogP contribution in [0.5, 0.6) is 0 Å². The van der Waals surface area contributed by atoms with Crippen LogP contribution in [0.25, 0.3) is 0 Å². The predicted molar refractivity (Wildman–Crippen MR) is 69.0 cm³/mol. The second-order valence-corrected chi connectivity index (χ2v) is 6.07. The number of hydrogen-bond acceptors (Lipinski definition) is 3. The summed E-state index contributed by atoms with van der Waals surface area (Å²) >= 11 is 0. The van der Waals surface area contributed by atoms with Crippen LogP contribution in [-0.4, -0.2) is 18.4 Å². The van der Waals surface area contributed by atoms with Gasteiger partial charge in [0.2, 0.25) is 0 Å². The van der Waals surface area contributed by atoms with E-state index in [9.17, 15) is 9.59 Å². The number of fused-ring (bicyclic) bond motifs is 1. The Morgan fingerprint density at radius 1 is 1.39 bits per heavy atom. The second-order valence-electron chi connectivity index (χ2n) is 6.07. The van der Waals surface area contributed by atoms with Crippen molar-refractivity contribution in [1.82, 2.24) is 0 Å². The molecule has 18 heavy (non-hydrogen) atoms. The first kappa shape index (κ1) is 13.6. The molecule has 3 heteroatoms. The Labute approximate surface area is 109 Å². The van der Waals surface area contributed by atoms with Crippen molar-refractivity contribution in [3.05, 3.63) is 0 Å². The average molecular weight is 252 g/mol. The first-order valence-electron chi connectivity index (χ1n) is 7.21. The van der Waals surface area contributed by atoms with E-state index in [1.54, 1.807) is 0 Å². The number of carbonyl (C=O) groups excluding carboxylic acids is 2. The van der Waals surface area contributed by atoms with Crippen molar-refractivity contribution in [3.8, 4) is 0 Å². The molecule has 0 N–H and O–H groups in total. The number of rotatable bonds is 2. The molecular weight excluding hydrogens is 228 g/mol. The van der Waals surface area contributed by atoms with Crippen LogP contribution in [0.1, 0.15) is 52.9 Å². The maximum absolute atomic E-state index is 12.4. The van der Waals surface area contributed by atoms with E-state index in [0.29, 0.717) is 18.8 Å². The third-order valence-corrected chi connectivity index (χ3v) is 5.20. The Balaban J connectivity index is 2.30. The zero-order valence-corrected chi connectivity index (χ0v) is 11.7. The summed E-state index contributed by atoms with van der Waals surface area (Å²) in [6.45, 7) is 6.31. The van der Waals surface area contributed by atoms with E-state index in [4.69, 9.17) is 4.74 Å². The number of hydrogen-bond donors (Lipinski definition) is 0. The van der Waals surface area contributed by atoms with E-state index < -0.39 is 5.41 Å². The van der Waals surface area contributed by atoms with Gasteiger partial charge >= 0.3 is 5.97 Å². The lowest BCUT2D eigenvalue weighted by molar-refractivity contribution is -0.171. The zero-order valence-electron chi connectivity index (χ0n) is 11.7. The van der Waals surface area contributed by atoms with Gasteiger partial charge in [-0.15, -0.1) is 0 Å². The molecule has 4 atom stereocenters. The van der Waals surface area contributed by atoms with Crippen molar-refractivity contribution in [2.24, 2.45) is 23.2 Å². The van der Waals surface area contributed by atoms with Crippen molar-refractivity contribution in [2.75, 3.05) is 6.61 Å². The monoisotopic (exact) mass is 252 g/mol. The van der Waals surface area contributed by atoms with Gasteiger partial charge in [0.25, 0.3) is 0 Å². The van der Waals surface area contributed by atoms with Crippen molar-refractivity contribution in [2.45, 2.75) is 52.9 Å². The maximum Gasteiger partial charge on any atom is 0.312 e. The molecule has 2 aliphatic carbocycles. The minimum atomic E-state index is -0.463. The van der Waals surface area contributed by atoms with Crippen LogP contribution in [0.4, 0.5) is 0 Å². The van der Waals surface area contributed by atoms with Crippen LogP contribution in [-0.2, 0) is 14.3 Å². The molecule has 0 radical (unpaired) electrons. The summed E-state index contributed by atoms with van der Waals surface area (Å²) in [5.41, 5.74) is -0.463. The molecule has 3 nitrogen and oxygen atoms in total. The van der Waals surface area contributed by atoms with Crippen LogP contribution in [0, 0.1) is 23.2 Å². The van der Waals surface area contributed by atoms with Crippen LogP contribution in [0.15, 0.2) is 0 Å². The normalized spacial score (nSPS) is 40.2. The molecule has 0 aromatic carbocycles. The minimum absolute atomic E-state index is 0.0955. The SMILES string of the molecule is CCOC(=O)[C@]1(C)[C@H](C)CC(=O)[C@@H]2CCCC[C@H]21. The quantitative estimate of drug-likeness (QED) is 0.710. The molecule has 0 spiro atoms. The van der Waals surface area contributed by atoms with E-state index in [2.05, 4.69) is 0 Å². The number of carbonyl (C=O) groups is 2. The molecule has 2 saturated carbocycles. The molecule has 2 rings (SSSR count). The molecule has 102 valence electrons. The summed E-state index contributed by atoms with van der Waals surface area (Å²) in [5.74, 6) is 0.671. The zero-order chi connectivity index (χ0) is 13.3. The van der Waals surface area contributed by atoms with E-state index >= 15 is 0 Å². The first-order valence-corrected chi connectivity index (χ1v) is 7.21. The summed E-state index contributed by atoms with van der Waals surface area (Å²) in [6.07, 6.45) is 4.76. The Morgan fingerprint density at radius 2 is 2.06 bits per heavy atom. The molecule has 0 unspecified atom stereocenters. The Kier molecular flexibility index (Phi) is 3.79. The first-order chi connectivity index (χ1) is 8.51. The summed E-state index contributed by atoms with van der Waals surface area (Å²) in [5, 5.41) is 0. The number of esters is 1. The van der Waals surface area contributed by atoms with Gasteiger partial charge in [-0.3, -0.25) is 9.59 Å². The molecule has 0 aromatic heterocycles. The predicted octanol–water partition coefficient (Wildman–Crippen LogP) is 2.97. The maximum atomic E-state index is 12.4. The minimum Gasteiger partial charge on any atom is -0.466 e. The van der Waals surface area contributed by atoms with E-state index in [1.165, 1.54) is 0 Å². The van der Waals surface area contributed by atoms with Gasteiger partial charge in [0.1, 0.15) is 5.78 Å². The Morgan fingerprint density at radius 3 is 2.72 bits per heavy atom. The van der Waals surface area contributed by atoms with Gasteiger partial charge in [-0.1, -0.05) is 19.8 Å². The Hall–Kier alpha value is -0.860. The average Bonchev–Trinajstić information content (AvgIpc) is 2.36. The largest absolute Gasteiger partial charge is 0.466 e. The number of Topliss-reactive ketones (excluding diaryl/α,β-unsaturated/α-hetero) is 1. The summed E-state index contributed by atoms with van der Waals surface area (Å²) in [4.78, 5) is 24.5. The van der Waals surface area contributed by atoms with Crippen LogP contribution in [0.2, 0.25) is 0 Å². The van der Waals surface area contributed by atoms with Crippen LogP contribution < -0.4 is 0 Å². The summed E-state index contributed by atoms with van der Waals surface area (Å²) < 4.78 is 5.29. The highest BCUT2D eigenvalue weighted by Crippen LogP contribution is 2.52. The van der Waals surface area contributed by atoms with Gasteiger partial charge in [0.15, 0.2) is 0 Å². The second kappa shape index (κ2) is 5.02. The van der Waals surface area contributed by atoms with Crippen molar-refractivity contribution in [3.63, 3.8) is 0 Å². The van der Waals surface area contributed by atoms with E-state index in [1.807, 2.05) is 20.8 Å². The van der Waals surface area contributed by atoms with Crippen LogP contribution >= 0.6 is 0 Å². The fraction of sp³-hybridized carbons (Fsp3) is 0.867. The fourth-order valence-corrected chi connectivity index (χ4v) is 3.90. The third kappa shape index (κ3) is 1.98. The lowest BCUT2D eigenvalue weighted by atomic mass is 9.53.